The number of nitrogens with zero attached hydrogens (tertiary/aromatic N) is 1. The topological polar surface area (TPSA) is 72.0 Å². The maximum atomic E-state index is 12.3. The lowest BCUT2D eigenvalue weighted by molar-refractivity contribution is -0.121. The number of hydrogen-bond donors (Lipinski definition) is 2. The molecule has 0 aromatic heterocycles. The van der Waals surface area contributed by atoms with Crippen molar-refractivity contribution in [1.82, 2.24) is 5.43 Å². The van der Waals surface area contributed by atoms with Gasteiger partial charge in [-0.15, -0.1) is 0 Å². The second kappa shape index (κ2) is 11.2. The number of carbonyl (C=O) groups excluding carboxylic acids is 1. The number of amides is 1. The SMILES string of the molecule is COc1ccc(N[C@H](C)C(=O)N/N=C/c2ccccc2OCc2ccc(Br)cc2)cc1. The number of ether oxygens (including phenoxy) is 2. The lowest BCUT2D eigenvalue weighted by Gasteiger charge is -2.14. The highest BCUT2D eigenvalue weighted by Crippen LogP contribution is 2.19. The third-order valence-corrected chi connectivity index (χ3v) is 5.00. The van der Waals surface area contributed by atoms with Gasteiger partial charge in [0.1, 0.15) is 24.1 Å². The lowest BCUT2D eigenvalue weighted by Crippen LogP contribution is -2.34. The Kier molecular flexibility index (Phi) is 8.06. The van der Waals surface area contributed by atoms with Crippen molar-refractivity contribution in [3.8, 4) is 11.5 Å². The van der Waals surface area contributed by atoms with E-state index in [1.54, 1.807) is 20.2 Å². The molecule has 0 unspecified atom stereocenters. The van der Waals surface area contributed by atoms with Crippen LogP contribution in [0.4, 0.5) is 5.69 Å². The summed E-state index contributed by atoms with van der Waals surface area (Å²) in [5, 5.41) is 7.21. The number of rotatable bonds is 9. The van der Waals surface area contributed by atoms with E-state index < -0.39 is 6.04 Å². The Morgan fingerprint density at radius 2 is 1.77 bits per heavy atom. The van der Waals surface area contributed by atoms with Crippen LogP contribution in [0.1, 0.15) is 18.1 Å². The van der Waals surface area contributed by atoms with E-state index in [1.165, 1.54) is 0 Å². The first-order valence-corrected chi connectivity index (χ1v) is 10.5. The van der Waals surface area contributed by atoms with Crippen LogP contribution in [-0.2, 0) is 11.4 Å². The zero-order valence-electron chi connectivity index (χ0n) is 17.3. The summed E-state index contributed by atoms with van der Waals surface area (Å²) in [5.41, 5.74) is 5.21. The van der Waals surface area contributed by atoms with Crippen LogP contribution in [0, 0.1) is 0 Å². The second-order valence-electron chi connectivity index (χ2n) is 6.78. The Balaban J connectivity index is 1.54. The zero-order chi connectivity index (χ0) is 22.1. The molecule has 3 rings (SSSR count). The summed E-state index contributed by atoms with van der Waals surface area (Å²) in [7, 11) is 1.61. The summed E-state index contributed by atoms with van der Waals surface area (Å²) >= 11 is 3.43. The van der Waals surface area contributed by atoms with Crippen molar-refractivity contribution in [2.45, 2.75) is 19.6 Å². The minimum Gasteiger partial charge on any atom is -0.497 e. The van der Waals surface area contributed by atoms with Crippen molar-refractivity contribution in [2.24, 2.45) is 5.10 Å². The lowest BCUT2D eigenvalue weighted by atomic mass is 10.2. The molecule has 2 N–H and O–H groups in total. The third-order valence-electron chi connectivity index (χ3n) is 4.47. The number of anilines is 1. The number of methoxy groups -OCH3 is 1. The zero-order valence-corrected chi connectivity index (χ0v) is 18.9. The fraction of sp³-hybridized carbons (Fsp3) is 0.167. The summed E-state index contributed by atoms with van der Waals surface area (Å²) in [6, 6.07) is 22.4. The van der Waals surface area contributed by atoms with E-state index in [0.717, 1.165) is 27.0 Å². The highest BCUT2D eigenvalue weighted by molar-refractivity contribution is 9.10. The molecule has 0 saturated heterocycles. The Labute approximate surface area is 190 Å². The smallest absolute Gasteiger partial charge is 0.262 e. The van der Waals surface area contributed by atoms with Crippen LogP contribution in [0.2, 0.25) is 0 Å². The molecule has 3 aromatic carbocycles. The van der Waals surface area contributed by atoms with Gasteiger partial charge in [0, 0.05) is 15.7 Å². The molecule has 0 spiro atoms. The molecule has 0 fully saturated rings. The van der Waals surface area contributed by atoms with Gasteiger partial charge < -0.3 is 14.8 Å². The Morgan fingerprint density at radius 1 is 1.06 bits per heavy atom. The van der Waals surface area contributed by atoms with E-state index >= 15 is 0 Å². The Hall–Kier alpha value is -3.32. The van der Waals surface area contributed by atoms with E-state index in [2.05, 4.69) is 31.8 Å². The van der Waals surface area contributed by atoms with Gasteiger partial charge in [-0.1, -0.05) is 40.2 Å². The van der Waals surface area contributed by atoms with Crippen molar-refractivity contribution < 1.29 is 14.3 Å². The maximum Gasteiger partial charge on any atom is 0.262 e. The molecule has 0 aliphatic carbocycles. The van der Waals surface area contributed by atoms with Gasteiger partial charge in [-0.3, -0.25) is 4.79 Å². The van der Waals surface area contributed by atoms with E-state index in [0.29, 0.717) is 12.4 Å². The van der Waals surface area contributed by atoms with Gasteiger partial charge >= 0.3 is 0 Å². The Bertz CT molecular complexity index is 1020. The maximum absolute atomic E-state index is 12.3. The molecule has 6 nitrogen and oxygen atoms in total. The molecule has 160 valence electrons. The number of hydrogen-bond acceptors (Lipinski definition) is 5. The fourth-order valence-electron chi connectivity index (χ4n) is 2.73. The summed E-state index contributed by atoms with van der Waals surface area (Å²) in [6.45, 7) is 2.21. The van der Waals surface area contributed by atoms with E-state index in [9.17, 15) is 4.79 Å². The number of para-hydroxylation sites is 1. The summed E-state index contributed by atoms with van der Waals surface area (Å²) in [4.78, 5) is 12.3. The van der Waals surface area contributed by atoms with Gasteiger partial charge in [0.25, 0.3) is 5.91 Å². The monoisotopic (exact) mass is 481 g/mol. The summed E-state index contributed by atoms with van der Waals surface area (Å²) < 4.78 is 12.1. The molecule has 7 heteroatoms. The van der Waals surface area contributed by atoms with Crippen LogP contribution in [-0.4, -0.2) is 25.3 Å². The average Bonchev–Trinajstić information content (AvgIpc) is 2.80. The molecule has 0 radical (unpaired) electrons. The number of nitrogens with one attached hydrogen (secondary N) is 2. The van der Waals surface area contributed by atoms with Crippen LogP contribution in [0.25, 0.3) is 0 Å². The van der Waals surface area contributed by atoms with Crippen LogP contribution in [0.15, 0.2) is 82.4 Å². The molecule has 0 heterocycles. The third kappa shape index (κ3) is 6.86. The minimum absolute atomic E-state index is 0.250. The van der Waals surface area contributed by atoms with Crippen molar-refractivity contribution >= 4 is 33.7 Å². The van der Waals surface area contributed by atoms with Crippen molar-refractivity contribution in [2.75, 3.05) is 12.4 Å². The van der Waals surface area contributed by atoms with Crippen LogP contribution < -0.4 is 20.2 Å². The predicted molar refractivity (Wildman–Crippen MR) is 127 cm³/mol. The van der Waals surface area contributed by atoms with Crippen molar-refractivity contribution in [3.05, 3.63) is 88.4 Å². The summed E-state index contributed by atoms with van der Waals surface area (Å²) in [5.74, 6) is 1.20. The number of carbonyl (C=O) groups is 1. The Morgan fingerprint density at radius 3 is 2.48 bits per heavy atom. The van der Waals surface area contributed by atoms with Gasteiger partial charge in [0.15, 0.2) is 0 Å². The van der Waals surface area contributed by atoms with Crippen LogP contribution >= 0.6 is 15.9 Å². The average molecular weight is 482 g/mol. The highest BCUT2D eigenvalue weighted by atomic mass is 79.9. The minimum atomic E-state index is -0.463. The van der Waals surface area contributed by atoms with E-state index in [-0.39, 0.29) is 5.91 Å². The van der Waals surface area contributed by atoms with Gasteiger partial charge in [0.2, 0.25) is 0 Å². The van der Waals surface area contributed by atoms with Gasteiger partial charge in [0.05, 0.1) is 13.3 Å². The molecule has 3 aromatic rings. The molecule has 0 aliphatic heterocycles. The van der Waals surface area contributed by atoms with E-state index in [1.807, 2.05) is 72.8 Å². The largest absolute Gasteiger partial charge is 0.497 e. The van der Waals surface area contributed by atoms with Gasteiger partial charge in [-0.2, -0.15) is 5.10 Å². The molecule has 0 saturated carbocycles. The number of halogens is 1. The molecule has 0 aliphatic rings. The van der Waals surface area contributed by atoms with Crippen LogP contribution in [0.3, 0.4) is 0 Å². The van der Waals surface area contributed by atoms with Crippen LogP contribution in [0.5, 0.6) is 11.5 Å². The molecule has 0 bridgehead atoms. The van der Waals surface area contributed by atoms with Gasteiger partial charge in [-0.25, -0.2) is 5.43 Å². The van der Waals surface area contributed by atoms with Crippen molar-refractivity contribution in [1.29, 1.82) is 0 Å². The first-order valence-electron chi connectivity index (χ1n) is 9.75. The molecule has 31 heavy (non-hydrogen) atoms. The molecular weight excluding hydrogens is 458 g/mol. The highest BCUT2D eigenvalue weighted by Gasteiger charge is 2.11. The van der Waals surface area contributed by atoms with Crippen molar-refractivity contribution in [3.63, 3.8) is 0 Å². The molecule has 1 atom stereocenters. The first-order chi connectivity index (χ1) is 15.0. The fourth-order valence-corrected chi connectivity index (χ4v) is 2.99. The molecular formula is C24H24BrN3O3. The quantitative estimate of drug-likeness (QED) is 0.333. The standard InChI is InChI=1S/C24H24BrN3O3/c1-17(27-21-11-13-22(30-2)14-12-21)24(29)28-26-15-19-5-3-4-6-23(19)31-16-18-7-9-20(25)10-8-18/h3-15,17,27H,16H2,1-2H3,(H,28,29)/b26-15+/t17-/m1/s1. The first kappa shape index (κ1) is 22.4. The summed E-state index contributed by atoms with van der Waals surface area (Å²) in [6.07, 6.45) is 1.58. The number of benzene rings is 3. The van der Waals surface area contributed by atoms with E-state index in [4.69, 9.17) is 9.47 Å². The van der Waals surface area contributed by atoms with Gasteiger partial charge in [-0.05, 0) is 61.0 Å². The molecule has 1 amide bonds. The normalized spacial score (nSPS) is 11.7. The number of hydrazone groups is 1. The predicted octanol–water partition coefficient (Wildman–Crippen LogP) is 4.99. The second-order valence-corrected chi connectivity index (χ2v) is 7.70.